The molecule has 6 nitrogen and oxygen atoms in total. The minimum Gasteiger partial charge on any atom is -0.454 e. The fourth-order valence-corrected chi connectivity index (χ4v) is 3.55. The van der Waals surface area contributed by atoms with Gasteiger partial charge in [0, 0.05) is 19.0 Å². The Bertz CT molecular complexity index is 927. The largest absolute Gasteiger partial charge is 0.454 e. The summed E-state index contributed by atoms with van der Waals surface area (Å²) in [6.07, 6.45) is 1.72. The van der Waals surface area contributed by atoms with Crippen molar-refractivity contribution in [1.82, 2.24) is 10.2 Å². The Hall–Kier alpha value is -3.02. The van der Waals surface area contributed by atoms with Crippen LogP contribution in [0.4, 0.5) is 0 Å². The standard InChI is InChI=1S/C25H32N2O4/c1-5-18(3)26-25(29)19(4)27(15-21-8-6-7-17(2)13-21)24(28)12-10-20-9-11-22-23(14-20)31-16-30-22/h6-9,11,13-14,18-19H,5,10,12,15-16H2,1-4H3,(H,26,29)/t18-,19+/m1/s1. The topological polar surface area (TPSA) is 67.9 Å². The normalized spacial score (nSPS) is 14.1. The van der Waals surface area contributed by atoms with Crippen LogP contribution in [0.1, 0.15) is 50.3 Å². The number of carbonyl (C=O) groups excluding carboxylic acids is 2. The molecular weight excluding hydrogens is 392 g/mol. The summed E-state index contributed by atoms with van der Waals surface area (Å²) < 4.78 is 10.8. The van der Waals surface area contributed by atoms with Crippen LogP contribution >= 0.6 is 0 Å². The van der Waals surface area contributed by atoms with Gasteiger partial charge in [0.25, 0.3) is 0 Å². The summed E-state index contributed by atoms with van der Waals surface area (Å²) in [5.41, 5.74) is 3.14. The number of fused-ring (bicyclic) bond motifs is 1. The molecule has 0 aromatic heterocycles. The van der Waals surface area contributed by atoms with E-state index in [1.165, 1.54) is 0 Å². The van der Waals surface area contributed by atoms with Crippen molar-refractivity contribution in [2.24, 2.45) is 0 Å². The molecule has 166 valence electrons. The lowest BCUT2D eigenvalue weighted by molar-refractivity contribution is -0.140. The maximum Gasteiger partial charge on any atom is 0.242 e. The van der Waals surface area contributed by atoms with Crippen molar-refractivity contribution in [2.45, 2.75) is 65.6 Å². The molecule has 31 heavy (non-hydrogen) atoms. The van der Waals surface area contributed by atoms with Crippen LogP contribution in [0.15, 0.2) is 42.5 Å². The number of rotatable bonds is 9. The van der Waals surface area contributed by atoms with Gasteiger partial charge in [0.2, 0.25) is 18.6 Å². The van der Waals surface area contributed by atoms with E-state index >= 15 is 0 Å². The highest BCUT2D eigenvalue weighted by molar-refractivity contribution is 5.87. The maximum absolute atomic E-state index is 13.2. The third-order valence-corrected chi connectivity index (χ3v) is 5.67. The molecule has 0 spiro atoms. The van der Waals surface area contributed by atoms with Gasteiger partial charge in [0.1, 0.15) is 6.04 Å². The molecule has 1 aliphatic heterocycles. The second-order valence-corrected chi connectivity index (χ2v) is 8.19. The molecule has 2 atom stereocenters. The van der Waals surface area contributed by atoms with Gasteiger partial charge in [0.05, 0.1) is 0 Å². The maximum atomic E-state index is 13.2. The third kappa shape index (κ3) is 6.00. The number of amides is 2. The number of carbonyl (C=O) groups is 2. The van der Waals surface area contributed by atoms with E-state index in [-0.39, 0.29) is 24.6 Å². The Morgan fingerprint density at radius 3 is 2.58 bits per heavy atom. The molecule has 0 aliphatic carbocycles. The first-order valence-electron chi connectivity index (χ1n) is 10.9. The minimum absolute atomic E-state index is 0.0500. The van der Waals surface area contributed by atoms with Crippen LogP contribution in [0.2, 0.25) is 0 Å². The molecule has 1 heterocycles. The Morgan fingerprint density at radius 1 is 1.06 bits per heavy atom. The van der Waals surface area contributed by atoms with Crippen LogP contribution in [-0.2, 0) is 22.6 Å². The van der Waals surface area contributed by atoms with Crippen molar-refractivity contribution in [2.75, 3.05) is 6.79 Å². The number of hydrogen-bond acceptors (Lipinski definition) is 4. The Morgan fingerprint density at radius 2 is 1.84 bits per heavy atom. The molecule has 0 saturated carbocycles. The molecule has 0 saturated heterocycles. The van der Waals surface area contributed by atoms with Crippen LogP contribution in [0.3, 0.4) is 0 Å². The molecule has 3 rings (SSSR count). The van der Waals surface area contributed by atoms with Gasteiger partial charge >= 0.3 is 0 Å². The van der Waals surface area contributed by atoms with E-state index in [9.17, 15) is 9.59 Å². The van der Waals surface area contributed by atoms with Gasteiger partial charge in [-0.05, 0) is 56.9 Å². The fourth-order valence-electron chi connectivity index (χ4n) is 3.55. The number of nitrogens with one attached hydrogen (secondary N) is 1. The lowest BCUT2D eigenvalue weighted by atomic mass is 10.1. The van der Waals surface area contributed by atoms with Crippen molar-refractivity contribution in [3.8, 4) is 11.5 Å². The predicted octanol–water partition coefficient (Wildman–Crippen LogP) is 3.99. The number of benzene rings is 2. The lowest BCUT2D eigenvalue weighted by Crippen LogP contribution is -2.49. The summed E-state index contributed by atoms with van der Waals surface area (Å²) >= 11 is 0. The molecule has 1 N–H and O–H groups in total. The monoisotopic (exact) mass is 424 g/mol. The minimum atomic E-state index is -0.557. The van der Waals surface area contributed by atoms with E-state index in [0.29, 0.717) is 25.1 Å². The first-order chi connectivity index (χ1) is 14.9. The van der Waals surface area contributed by atoms with Crippen LogP contribution in [0.25, 0.3) is 0 Å². The zero-order valence-electron chi connectivity index (χ0n) is 18.8. The number of ether oxygens (including phenoxy) is 2. The summed E-state index contributed by atoms with van der Waals surface area (Å²) in [6, 6.07) is 13.3. The molecule has 2 aromatic carbocycles. The second-order valence-electron chi connectivity index (χ2n) is 8.19. The molecule has 0 unspecified atom stereocenters. The highest BCUT2D eigenvalue weighted by Gasteiger charge is 2.26. The highest BCUT2D eigenvalue weighted by atomic mass is 16.7. The van der Waals surface area contributed by atoms with Gasteiger partial charge in [-0.1, -0.05) is 42.8 Å². The van der Waals surface area contributed by atoms with E-state index in [1.807, 2.05) is 57.2 Å². The zero-order chi connectivity index (χ0) is 22.4. The van der Waals surface area contributed by atoms with Crippen molar-refractivity contribution >= 4 is 11.8 Å². The average Bonchev–Trinajstić information content (AvgIpc) is 3.23. The summed E-state index contributed by atoms with van der Waals surface area (Å²) in [6.45, 7) is 8.44. The molecule has 0 radical (unpaired) electrons. The van der Waals surface area contributed by atoms with Gasteiger partial charge in [-0.15, -0.1) is 0 Å². The molecular formula is C25H32N2O4. The van der Waals surface area contributed by atoms with Crippen LogP contribution in [-0.4, -0.2) is 35.6 Å². The second kappa shape index (κ2) is 10.3. The smallest absolute Gasteiger partial charge is 0.242 e. The third-order valence-electron chi connectivity index (χ3n) is 5.67. The molecule has 0 bridgehead atoms. The average molecular weight is 425 g/mol. The van der Waals surface area contributed by atoms with Crippen molar-refractivity contribution < 1.29 is 19.1 Å². The number of hydrogen-bond donors (Lipinski definition) is 1. The van der Waals surface area contributed by atoms with Crippen molar-refractivity contribution in [1.29, 1.82) is 0 Å². The summed E-state index contributed by atoms with van der Waals surface area (Å²) in [5, 5.41) is 3.00. The quantitative estimate of drug-likeness (QED) is 0.661. The van der Waals surface area contributed by atoms with Gasteiger partial charge in [-0.25, -0.2) is 0 Å². The van der Waals surface area contributed by atoms with E-state index in [1.54, 1.807) is 11.8 Å². The van der Waals surface area contributed by atoms with E-state index < -0.39 is 6.04 Å². The van der Waals surface area contributed by atoms with Gasteiger partial charge in [-0.2, -0.15) is 0 Å². The van der Waals surface area contributed by atoms with E-state index in [2.05, 4.69) is 11.4 Å². The van der Waals surface area contributed by atoms with E-state index in [0.717, 1.165) is 28.9 Å². The predicted molar refractivity (Wildman–Crippen MR) is 120 cm³/mol. The van der Waals surface area contributed by atoms with Gasteiger partial charge < -0.3 is 19.7 Å². The highest BCUT2D eigenvalue weighted by Crippen LogP contribution is 2.32. The molecule has 1 aliphatic rings. The van der Waals surface area contributed by atoms with Crippen molar-refractivity contribution in [3.05, 3.63) is 59.2 Å². The van der Waals surface area contributed by atoms with Gasteiger partial charge in [-0.3, -0.25) is 9.59 Å². The number of nitrogens with zero attached hydrogens (tertiary/aromatic N) is 1. The first kappa shape index (κ1) is 22.7. The van der Waals surface area contributed by atoms with Crippen LogP contribution in [0, 0.1) is 6.92 Å². The van der Waals surface area contributed by atoms with E-state index in [4.69, 9.17) is 9.47 Å². The van der Waals surface area contributed by atoms with Crippen LogP contribution in [0.5, 0.6) is 11.5 Å². The number of aryl methyl sites for hydroxylation is 2. The molecule has 0 fully saturated rings. The summed E-state index contributed by atoms with van der Waals surface area (Å²) in [5.74, 6) is 1.26. The Labute approximate surface area is 184 Å². The molecule has 2 amide bonds. The van der Waals surface area contributed by atoms with Crippen molar-refractivity contribution in [3.63, 3.8) is 0 Å². The van der Waals surface area contributed by atoms with Crippen LogP contribution < -0.4 is 14.8 Å². The summed E-state index contributed by atoms with van der Waals surface area (Å²) in [4.78, 5) is 27.7. The molecule has 6 heteroatoms. The lowest BCUT2D eigenvalue weighted by Gasteiger charge is -2.30. The Balaban J connectivity index is 1.72. The molecule has 2 aromatic rings. The SMILES string of the molecule is CC[C@@H](C)NC(=O)[C@H](C)N(Cc1cccc(C)c1)C(=O)CCc1ccc2c(c1)OCO2. The first-order valence-corrected chi connectivity index (χ1v) is 10.9. The summed E-state index contributed by atoms with van der Waals surface area (Å²) in [7, 11) is 0. The fraction of sp³-hybridized carbons (Fsp3) is 0.440. The Kier molecular flexibility index (Phi) is 7.55. The van der Waals surface area contributed by atoms with Gasteiger partial charge in [0.15, 0.2) is 11.5 Å². The zero-order valence-corrected chi connectivity index (χ0v) is 18.8.